The number of nitrogens with zero attached hydrogens (tertiary/aromatic N) is 6. The maximum absolute atomic E-state index is 12.5. The van der Waals surface area contributed by atoms with Gasteiger partial charge in [-0.3, -0.25) is 19.6 Å². The molecular weight excluding hydrogens is 564 g/mol. The zero-order valence-electron chi connectivity index (χ0n) is 23.1. The molecular formula is C27H32N8O4S2. The van der Waals surface area contributed by atoms with Crippen LogP contribution in [0.1, 0.15) is 66.6 Å². The fourth-order valence-corrected chi connectivity index (χ4v) is 6.07. The standard InChI is InChI=1S/C27H32N8O4S2/c1-16(28-10-8-17(2)38-3)12-22(36)30-26-34-32-24(40-26)18-6-5-7-19(13-18)25-33-35-27(41-25)31-23(37)15-20-14-21(39-4)9-11-29-20/h8-11,14,18-19H,1,5-7,12-13,15H2,2-4H3,(H,30,34,36)(H,31,35,37)/b17-8+,28-10-/t18-,19-/m0/s1. The zero-order chi connectivity index (χ0) is 29.2. The van der Waals surface area contributed by atoms with Gasteiger partial charge in [0, 0.05) is 36.0 Å². The largest absolute Gasteiger partial charge is 0.501 e. The van der Waals surface area contributed by atoms with Crippen LogP contribution in [-0.2, 0) is 20.7 Å². The Morgan fingerprint density at radius 1 is 1.07 bits per heavy atom. The Labute approximate surface area is 246 Å². The van der Waals surface area contributed by atoms with Crippen LogP contribution in [0.25, 0.3) is 0 Å². The summed E-state index contributed by atoms with van der Waals surface area (Å²) in [6.45, 7) is 5.62. The van der Waals surface area contributed by atoms with Crippen LogP contribution in [0, 0.1) is 0 Å². The van der Waals surface area contributed by atoms with Crippen LogP contribution in [0.5, 0.6) is 5.75 Å². The van der Waals surface area contributed by atoms with Crippen molar-refractivity contribution in [3.05, 3.63) is 58.1 Å². The maximum atomic E-state index is 12.5. The first-order chi connectivity index (χ1) is 19.8. The van der Waals surface area contributed by atoms with Gasteiger partial charge in [-0.05, 0) is 38.3 Å². The van der Waals surface area contributed by atoms with E-state index >= 15 is 0 Å². The Morgan fingerprint density at radius 2 is 1.73 bits per heavy atom. The van der Waals surface area contributed by atoms with Gasteiger partial charge >= 0.3 is 0 Å². The number of methoxy groups -OCH3 is 2. The molecule has 1 fully saturated rings. The van der Waals surface area contributed by atoms with Crippen LogP contribution in [0.15, 0.2) is 47.4 Å². The number of carbonyl (C=O) groups is 2. The van der Waals surface area contributed by atoms with Gasteiger partial charge in [0.25, 0.3) is 0 Å². The van der Waals surface area contributed by atoms with E-state index in [9.17, 15) is 9.59 Å². The van der Waals surface area contributed by atoms with Crippen LogP contribution in [0.4, 0.5) is 10.3 Å². The highest BCUT2D eigenvalue weighted by Crippen LogP contribution is 2.43. The third-order valence-corrected chi connectivity index (χ3v) is 8.37. The van der Waals surface area contributed by atoms with Gasteiger partial charge in [-0.2, -0.15) is 0 Å². The van der Waals surface area contributed by atoms with Gasteiger partial charge in [-0.15, -0.1) is 20.4 Å². The highest BCUT2D eigenvalue weighted by Gasteiger charge is 2.29. The summed E-state index contributed by atoms with van der Waals surface area (Å²) < 4.78 is 10.2. The second-order valence-electron chi connectivity index (χ2n) is 9.41. The summed E-state index contributed by atoms with van der Waals surface area (Å²) in [6.07, 6.45) is 8.82. The molecule has 1 saturated carbocycles. The number of ether oxygens (including phenoxy) is 2. The van der Waals surface area contributed by atoms with Crippen molar-refractivity contribution < 1.29 is 19.1 Å². The van der Waals surface area contributed by atoms with Gasteiger partial charge in [-0.25, -0.2) is 0 Å². The van der Waals surface area contributed by atoms with E-state index in [1.165, 1.54) is 22.7 Å². The van der Waals surface area contributed by atoms with Crippen LogP contribution < -0.4 is 15.4 Å². The summed E-state index contributed by atoms with van der Waals surface area (Å²) in [5.41, 5.74) is 1.03. The molecule has 2 amide bonds. The predicted molar refractivity (Wildman–Crippen MR) is 159 cm³/mol. The summed E-state index contributed by atoms with van der Waals surface area (Å²) in [6, 6.07) is 3.46. The van der Waals surface area contributed by atoms with Gasteiger partial charge in [0.05, 0.1) is 38.5 Å². The predicted octanol–water partition coefficient (Wildman–Crippen LogP) is 4.88. The van der Waals surface area contributed by atoms with E-state index < -0.39 is 0 Å². The molecule has 0 aliphatic heterocycles. The molecule has 1 aliphatic carbocycles. The Morgan fingerprint density at radius 3 is 2.37 bits per heavy atom. The molecule has 14 heteroatoms. The van der Waals surface area contributed by atoms with E-state index in [0.717, 1.165) is 35.7 Å². The second kappa shape index (κ2) is 14.6. The number of aromatic nitrogens is 5. The summed E-state index contributed by atoms with van der Waals surface area (Å²) in [5, 5.41) is 25.4. The lowest BCUT2D eigenvalue weighted by Gasteiger charge is -2.25. The first kappa shape index (κ1) is 29.9. The van der Waals surface area contributed by atoms with Crippen molar-refractivity contribution in [3.63, 3.8) is 0 Å². The minimum absolute atomic E-state index is 0.0444. The Balaban J connectivity index is 1.28. The lowest BCUT2D eigenvalue weighted by atomic mass is 9.82. The van der Waals surface area contributed by atoms with Crippen LogP contribution in [0.2, 0.25) is 0 Å². The molecule has 41 heavy (non-hydrogen) atoms. The molecule has 12 nitrogen and oxygen atoms in total. The van der Waals surface area contributed by atoms with E-state index in [1.54, 1.807) is 51.8 Å². The number of amides is 2. The normalized spacial score (nSPS) is 17.3. The van der Waals surface area contributed by atoms with E-state index in [0.29, 0.717) is 33.2 Å². The van der Waals surface area contributed by atoms with Crippen LogP contribution >= 0.6 is 22.7 Å². The SMILES string of the molecule is C=C(CC(=O)Nc1nnc([C@H]2CCC[C@H](c3nnc(NC(=O)Cc4cc(OC)ccn4)s3)C2)s1)/N=C\C=C(/C)OC. The van der Waals surface area contributed by atoms with E-state index in [-0.39, 0.29) is 36.5 Å². The molecule has 2 N–H and O–H groups in total. The quantitative estimate of drug-likeness (QED) is 0.220. The van der Waals surface area contributed by atoms with E-state index in [4.69, 9.17) is 9.47 Å². The fraction of sp³-hybridized carbons (Fsp3) is 0.407. The number of rotatable bonds is 12. The minimum atomic E-state index is -0.255. The number of aliphatic imine (C=N–C) groups is 1. The number of pyridine rings is 1. The van der Waals surface area contributed by atoms with E-state index in [1.807, 2.05) is 0 Å². The third kappa shape index (κ3) is 8.98. The smallest absolute Gasteiger partial charge is 0.232 e. The highest BCUT2D eigenvalue weighted by molar-refractivity contribution is 7.15. The Hall–Kier alpha value is -4.04. The average Bonchev–Trinajstić information content (AvgIpc) is 3.63. The lowest BCUT2D eigenvalue weighted by Crippen LogP contribution is -2.15. The maximum Gasteiger partial charge on any atom is 0.232 e. The molecule has 3 aromatic rings. The molecule has 0 aromatic carbocycles. The van der Waals surface area contributed by atoms with Crippen molar-refractivity contribution in [2.24, 2.45) is 4.99 Å². The van der Waals surface area contributed by atoms with E-state index in [2.05, 4.69) is 47.6 Å². The highest BCUT2D eigenvalue weighted by atomic mass is 32.1. The molecule has 0 saturated heterocycles. The van der Waals surface area contributed by atoms with Crippen molar-refractivity contribution in [2.45, 2.75) is 57.3 Å². The van der Waals surface area contributed by atoms with Crippen molar-refractivity contribution >= 4 is 51.0 Å². The number of hydrogen-bond acceptors (Lipinski definition) is 12. The van der Waals surface area contributed by atoms with Crippen molar-refractivity contribution in [1.29, 1.82) is 0 Å². The van der Waals surface area contributed by atoms with Gasteiger partial charge in [0.15, 0.2) is 0 Å². The molecule has 216 valence electrons. The molecule has 0 bridgehead atoms. The average molecular weight is 597 g/mol. The first-order valence-corrected chi connectivity index (χ1v) is 14.6. The summed E-state index contributed by atoms with van der Waals surface area (Å²) in [5.74, 6) is 1.29. The minimum Gasteiger partial charge on any atom is -0.501 e. The lowest BCUT2D eigenvalue weighted by molar-refractivity contribution is -0.116. The molecule has 3 heterocycles. The number of carbonyl (C=O) groups excluding carboxylic acids is 2. The number of anilines is 2. The molecule has 3 aromatic heterocycles. The first-order valence-electron chi connectivity index (χ1n) is 13.0. The summed E-state index contributed by atoms with van der Waals surface area (Å²) >= 11 is 2.77. The van der Waals surface area contributed by atoms with Gasteiger partial charge in [0.2, 0.25) is 22.1 Å². The molecule has 1 aliphatic rings. The Kier molecular flexibility index (Phi) is 10.6. The molecule has 4 rings (SSSR count). The van der Waals surface area contributed by atoms with Gasteiger partial charge < -0.3 is 20.1 Å². The summed E-state index contributed by atoms with van der Waals surface area (Å²) in [4.78, 5) is 33.3. The third-order valence-electron chi connectivity index (χ3n) is 6.37. The zero-order valence-corrected chi connectivity index (χ0v) is 24.8. The molecule has 0 radical (unpaired) electrons. The van der Waals surface area contributed by atoms with Gasteiger partial charge in [0.1, 0.15) is 15.8 Å². The molecule has 0 spiro atoms. The molecule has 0 unspecified atom stereocenters. The summed E-state index contributed by atoms with van der Waals surface area (Å²) in [7, 11) is 3.14. The monoisotopic (exact) mass is 596 g/mol. The number of hydrogen-bond donors (Lipinski definition) is 2. The number of allylic oxidation sites excluding steroid dienone is 2. The Bertz CT molecular complexity index is 1430. The fourth-order valence-electron chi connectivity index (χ4n) is 4.26. The topological polar surface area (TPSA) is 153 Å². The molecule has 2 atom stereocenters. The van der Waals surface area contributed by atoms with Gasteiger partial charge in [-0.1, -0.05) is 35.7 Å². The second-order valence-corrected chi connectivity index (χ2v) is 11.4. The van der Waals surface area contributed by atoms with Crippen molar-refractivity contribution in [2.75, 3.05) is 24.9 Å². The van der Waals surface area contributed by atoms with Crippen LogP contribution in [-0.4, -0.2) is 57.6 Å². The van der Waals surface area contributed by atoms with Crippen molar-refractivity contribution in [3.8, 4) is 5.75 Å². The van der Waals surface area contributed by atoms with Crippen LogP contribution in [0.3, 0.4) is 0 Å². The number of nitrogens with one attached hydrogen (secondary N) is 2. The van der Waals surface area contributed by atoms with Crippen molar-refractivity contribution in [1.82, 2.24) is 25.4 Å².